The molecule has 0 amide bonds. The molecular weight excluding hydrogens is 250 g/mol. The number of phenolic OH excluding ortho intramolecular Hbond substituents is 1. The van der Waals surface area contributed by atoms with Gasteiger partial charge in [-0.25, -0.2) is 0 Å². The van der Waals surface area contributed by atoms with E-state index in [1.165, 1.54) is 0 Å². The van der Waals surface area contributed by atoms with Crippen LogP contribution in [0.25, 0.3) is 10.1 Å². The van der Waals surface area contributed by atoms with Gasteiger partial charge in [-0.3, -0.25) is 0 Å². The molecule has 0 fully saturated rings. The Hall–Kier alpha value is -1.05. The van der Waals surface area contributed by atoms with Gasteiger partial charge in [-0.2, -0.15) is 5.26 Å². The fraction of sp³-hybridized carbons (Fsp3) is 0. The lowest BCUT2D eigenvalue weighted by Crippen LogP contribution is -1.77. The van der Waals surface area contributed by atoms with Crippen LogP contribution in [0.2, 0.25) is 0 Å². The maximum Gasteiger partial charge on any atom is 0.134 e. The minimum atomic E-state index is 0.0362. The molecule has 2 nitrogen and oxygen atoms in total. The quantitative estimate of drug-likeness (QED) is 0.784. The molecule has 0 bridgehead atoms. The SMILES string of the molecule is N#Cc1c(O)ccc2scc(Br)c12. The first-order valence-electron chi connectivity index (χ1n) is 3.53. The Kier molecular flexibility index (Phi) is 1.98. The molecule has 0 aliphatic carbocycles. The lowest BCUT2D eigenvalue weighted by molar-refractivity contribution is 0.474. The summed E-state index contributed by atoms with van der Waals surface area (Å²) in [7, 11) is 0. The Morgan fingerprint density at radius 2 is 2.23 bits per heavy atom. The minimum absolute atomic E-state index is 0.0362. The maximum absolute atomic E-state index is 9.41. The van der Waals surface area contributed by atoms with Crippen molar-refractivity contribution in [3.63, 3.8) is 0 Å². The molecule has 13 heavy (non-hydrogen) atoms. The van der Waals surface area contributed by atoms with E-state index < -0.39 is 0 Å². The van der Waals surface area contributed by atoms with Crippen LogP contribution in [0.4, 0.5) is 0 Å². The average molecular weight is 254 g/mol. The zero-order valence-corrected chi connectivity index (χ0v) is 8.82. The van der Waals surface area contributed by atoms with Gasteiger partial charge in [0.2, 0.25) is 0 Å². The molecule has 0 spiro atoms. The predicted molar refractivity (Wildman–Crippen MR) is 55.9 cm³/mol. The van der Waals surface area contributed by atoms with E-state index in [9.17, 15) is 5.11 Å². The van der Waals surface area contributed by atoms with Crippen molar-refractivity contribution in [2.24, 2.45) is 0 Å². The topological polar surface area (TPSA) is 44.0 Å². The van der Waals surface area contributed by atoms with Crippen LogP contribution in [0, 0.1) is 11.3 Å². The highest BCUT2D eigenvalue weighted by Crippen LogP contribution is 2.36. The number of rotatable bonds is 0. The van der Waals surface area contributed by atoms with E-state index in [0.717, 1.165) is 14.6 Å². The van der Waals surface area contributed by atoms with Gasteiger partial charge in [0.25, 0.3) is 0 Å². The zero-order chi connectivity index (χ0) is 9.42. The number of hydrogen-bond acceptors (Lipinski definition) is 3. The summed E-state index contributed by atoms with van der Waals surface area (Å²) in [6, 6.07) is 5.34. The van der Waals surface area contributed by atoms with Crippen LogP contribution < -0.4 is 0 Å². The van der Waals surface area contributed by atoms with E-state index in [0.29, 0.717) is 5.56 Å². The van der Waals surface area contributed by atoms with Gasteiger partial charge in [0.05, 0.1) is 0 Å². The molecule has 0 saturated carbocycles. The van der Waals surface area contributed by atoms with Crippen molar-refractivity contribution in [2.75, 3.05) is 0 Å². The number of thiophene rings is 1. The van der Waals surface area contributed by atoms with Gasteiger partial charge in [0.15, 0.2) is 0 Å². The molecular formula is C9H4BrNOS. The van der Waals surface area contributed by atoms with Gasteiger partial charge in [0.1, 0.15) is 17.4 Å². The normalized spacial score (nSPS) is 10.2. The summed E-state index contributed by atoms with van der Waals surface area (Å²) in [6.45, 7) is 0. The van der Waals surface area contributed by atoms with Gasteiger partial charge in [-0.15, -0.1) is 11.3 Å². The molecule has 0 saturated heterocycles. The Morgan fingerprint density at radius 1 is 1.46 bits per heavy atom. The number of phenols is 1. The summed E-state index contributed by atoms with van der Waals surface area (Å²) in [5.41, 5.74) is 0.339. The molecule has 0 atom stereocenters. The first-order chi connectivity index (χ1) is 6.24. The Labute approximate surface area is 87.2 Å². The fourth-order valence-electron chi connectivity index (χ4n) is 1.20. The molecule has 0 aliphatic rings. The van der Waals surface area contributed by atoms with Gasteiger partial charge >= 0.3 is 0 Å². The van der Waals surface area contributed by atoms with Crippen molar-refractivity contribution in [1.29, 1.82) is 5.26 Å². The van der Waals surface area contributed by atoms with E-state index in [4.69, 9.17) is 5.26 Å². The largest absolute Gasteiger partial charge is 0.507 e. The van der Waals surface area contributed by atoms with Crippen molar-refractivity contribution in [3.8, 4) is 11.8 Å². The third kappa shape index (κ3) is 1.21. The number of aromatic hydroxyl groups is 1. The van der Waals surface area contributed by atoms with Crippen molar-refractivity contribution >= 4 is 37.4 Å². The summed E-state index contributed by atoms with van der Waals surface area (Å²) < 4.78 is 1.86. The fourth-order valence-corrected chi connectivity index (χ4v) is 2.84. The van der Waals surface area contributed by atoms with Gasteiger partial charge in [0, 0.05) is 19.9 Å². The average Bonchev–Trinajstić information content (AvgIpc) is 2.49. The molecule has 2 rings (SSSR count). The highest BCUT2D eigenvalue weighted by Gasteiger charge is 2.10. The molecule has 0 radical (unpaired) electrons. The van der Waals surface area contributed by atoms with Crippen LogP contribution in [-0.4, -0.2) is 5.11 Å². The molecule has 2 aromatic rings. The van der Waals surface area contributed by atoms with Crippen LogP contribution in [0.15, 0.2) is 22.0 Å². The van der Waals surface area contributed by atoms with E-state index in [2.05, 4.69) is 15.9 Å². The Bertz CT molecular complexity index is 512. The molecule has 1 aromatic carbocycles. The number of benzene rings is 1. The van der Waals surface area contributed by atoms with Crippen LogP contribution >= 0.6 is 27.3 Å². The summed E-state index contributed by atoms with van der Waals surface area (Å²) in [5.74, 6) is 0.0362. The van der Waals surface area contributed by atoms with Gasteiger partial charge in [-0.1, -0.05) is 0 Å². The minimum Gasteiger partial charge on any atom is -0.507 e. The van der Waals surface area contributed by atoms with Crippen LogP contribution in [-0.2, 0) is 0 Å². The van der Waals surface area contributed by atoms with E-state index in [1.807, 2.05) is 11.4 Å². The van der Waals surface area contributed by atoms with Gasteiger partial charge in [-0.05, 0) is 28.1 Å². The van der Waals surface area contributed by atoms with E-state index in [1.54, 1.807) is 23.5 Å². The van der Waals surface area contributed by atoms with Crippen LogP contribution in [0.1, 0.15) is 5.56 Å². The van der Waals surface area contributed by atoms with Crippen molar-refractivity contribution < 1.29 is 5.11 Å². The summed E-state index contributed by atoms with van der Waals surface area (Å²) in [4.78, 5) is 0. The highest BCUT2D eigenvalue weighted by atomic mass is 79.9. The first kappa shape index (κ1) is 8.54. The monoisotopic (exact) mass is 253 g/mol. The van der Waals surface area contributed by atoms with Crippen molar-refractivity contribution in [2.45, 2.75) is 0 Å². The summed E-state index contributed by atoms with van der Waals surface area (Å²) in [5, 5.41) is 21.0. The summed E-state index contributed by atoms with van der Waals surface area (Å²) >= 11 is 4.88. The second-order valence-electron chi connectivity index (χ2n) is 2.53. The van der Waals surface area contributed by atoms with Crippen LogP contribution in [0.3, 0.4) is 0 Å². The zero-order valence-electron chi connectivity index (χ0n) is 6.41. The van der Waals surface area contributed by atoms with Crippen molar-refractivity contribution in [1.82, 2.24) is 0 Å². The smallest absolute Gasteiger partial charge is 0.134 e. The molecule has 1 aromatic heterocycles. The summed E-state index contributed by atoms with van der Waals surface area (Å²) in [6.07, 6.45) is 0. The second-order valence-corrected chi connectivity index (χ2v) is 4.29. The van der Waals surface area contributed by atoms with Gasteiger partial charge < -0.3 is 5.11 Å². The second kappa shape index (κ2) is 3.02. The van der Waals surface area contributed by atoms with Crippen molar-refractivity contribution in [3.05, 3.63) is 27.5 Å². The number of fused-ring (bicyclic) bond motifs is 1. The molecule has 0 aliphatic heterocycles. The first-order valence-corrected chi connectivity index (χ1v) is 5.20. The molecule has 1 heterocycles. The van der Waals surface area contributed by atoms with E-state index >= 15 is 0 Å². The molecule has 4 heteroatoms. The number of halogens is 1. The number of hydrogen-bond donors (Lipinski definition) is 1. The Morgan fingerprint density at radius 3 is 2.92 bits per heavy atom. The third-order valence-electron chi connectivity index (χ3n) is 1.79. The lowest BCUT2D eigenvalue weighted by Gasteiger charge is -1.97. The third-order valence-corrected chi connectivity index (χ3v) is 3.66. The molecule has 1 N–H and O–H groups in total. The maximum atomic E-state index is 9.41. The Balaban J connectivity index is 2.99. The highest BCUT2D eigenvalue weighted by molar-refractivity contribution is 9.10. The lowest BCUT2D eigenvalue weighted by atomic mass is 10.1. The van der Waals surface area contributed by atoms with Crippen LogP contribution in [0.5, 0.6) is 5.75 Å². The molecule has 0 unspecified atom stereocenters. The van der Waals surface area contributed by atoms with E-state index in [-0.39, 0.29) is 5.75 Å². The number of nitriles is 1. The number of nitrogens with zero attached hydrogens (tertiary/aromatic N) is 1. The standard InChI is InChI=1S/C9H4BrNOS/c10-6-4-13-8-2-1-7(12)5(3-11)9(6)8/h1-2,4,12H. The molecule has 64 valence electrons. The predicted octanol–water partition coefficient (Wildman–Crippen LogP) is 3.24.